The molecule has 0 bridgehead atoms. The molecule has 0 amide bonds. The number of ether oxygens (including phenoxy) is 1. The van der Waals surface area contributed by atoms with Crippen molar-refractivity contribution in [3.05, 3.63) is 23.5 Å². The molecule has 5 nitrogen and oxygen atoms in total. The Morgan fingerprint density at radius 1 is 1.16 bits per heavy atom. The topological polar surface area (TPSA) is 63.4 Å². The lowest BCUT2D eigenvalue weighted by Crippen LogP contribution is -2.43. The lowest BCUT2D eigenvalue weighted by molar-refractivity contribution is -0.0215. The van der Waals surface area contributed by atoms with Crippen molar-refractivity contribution in [2.75, 3.05) is 33.2 Å². The van der Waals surface area contributed by atoms with Crippen LogP contribution < -0.4 is 15.8 Å². The van der Waals surface area contributed by atoms with Crippen molar-refractivity contribution in [1.29, 1.82) is 0 Å². The summed E-state index contributed by atoms with van der Waals surface area (Å²) in [5.74, 6) is 1.10. The second-order valence-electron chi connectivity index (χ2n) is 8.69. The van der Waals surface area contributed by atoms with E-state index in [2.05, 4.69) is 35.1 Å². The van der Waals surface area contributed by atoms with E-state index in [-0.39, 0.29) is 0 Å². The number of hydrogen-bond acceptors (Lipinski definition) is 5. The van der Waals surface area contributed by atoms with E-state index < -0.39 is 0 Å². The molecule has 3 N–H and O–H groups in total. The van der Waals surface area contributed by atoms with E-state index in [4.69, 9.17) is 10.5 Å². The standard InChI is InChI=1S/C22H37N3O.C2H7N.C2H6/c1-4-22(5-2)15-18(16-22)26-21-9-12-24-20-10-14-25(17-19(20)21)13-8-6-7-11-23-3;1-2-3;1-2/h9,12,18,23H,4-8,10-11,13-17H2,1-3H3;2-3H2,1H3;1-2H3. The minimum Gasteiger partial charge on any atom is -0.490 e. The van der Waals surface area contributed by atoms with Crippen molar-refractivity contribution in [3.63, 3.8) is 0 Å². The van der Waals surface area contributed by atoms with Gasteiger partial charge in [0, 0.05) is 37.0 Å². The van der Waals surface area contributed by atoms with Gasteiger partial charge in [-0.2, -0.15) is 0 Å². The van der Waals surface area contributed by atoms with Gasteiger partial charge in [-0.25, -0.2) is 0 Å². The van der Waals surface area contributed by atoms with Gasteiger partial charge in [0.15, 0.2) is 0 Å². The van der Waals surface area contributed by atoms with Gasteiger partial charge in [0.1, 0.15) is 5.75 Å². The van der Waals surface area contributed by atoms with Crippen LogP contribution in [0.15, 0.2) is 12.3 Å². The Balaban J connectivity index is 0.000000884. The lowest BCUT2D eigenvalue weighted by atomic mass is 9.63. The Hall–Kier alpha value is -1.17. The molecule has 0 radical (unpaired) electrons. The van der Waals surface area contributed by atoms with Crippen molar-refractivity contribution < 1.29 is 4.74 Å². The summed E-state index contributed by atoms with van der Waals surface area (Å²) in [6, 6.07) is 2.09. The van der Waals surface area contributed by atoms with E-state index in [1.54, 1.807) is 0 Å². The number of aromatic nitrogens is 1. The van der Waals surface area contributed by atoms with Crippen LogP contribution in [0.1, 0.15) is 90.8 Å². The van der Waals surface area contributed by atoms with Crippen molar-refractivity contribution in [1.82, 2.24) is 15.2 Å². The van der Waals surface area contributed by atoms with Gasteiger partial charge in [0.05, 0.1) is 6.10 Å². The average Bonchev–Trinajstić information content (AvgIpc) is 2.78. The van der Waals surface area contributed by atoms with Crippen LogP contribution in [0.4, 0.5) is 0 Å². The summed E-state index contributed by atoms with van der Waals surface area (Å²) in [7, 11) is 2.03. The van der Waals surface area contributed by atoms with Crippen LogP contribution in [-0.2, 0) is 13.0 Å². The highest BCUT2D eigenvalue weighted by Crippen LogP contribution is 2.48. The number of rotatable bonds is 10. The molecule has 0 atom stereocenters. The van der Waals surface area contributed by atoms with E-state index in [0.29, 0.717) is 11.5 Å². The second-order valence-corrected chi connectivity index (χ2v) is 8.69. The summed E-state index contributed by atoms with van der Waals surface area (Å²) in [6.07, 6.45) is 12.2. The minimum atomic E-state index is 0.401. The highest BCUT2D eigenvalue weighted by atomic mass is 16.5. The van der Waals surface area contributed by atoms with E-state index >= 15 is 0 Å². The van der Waals surface area contributed by atoms with Crippen LogP contribution in [0, 0.1) is 5.41 Å². The molecule has 1 aliphatic carbocycles. The third kappa shape index (κ3) is 8.70. The molecular weight excluding hydrogens is 384 g/mol. The Morgan fingerprint density at radius 2 is 1.84 bits per heavy atom. The molecule has 0 saturated heterocycles. The molecule has 0 unspecified atom stereocenters. The molecule has 0 spiro atoms. The summed E-state index contributed by atoms with van der Waals surface area (Å²) in [6.45, 7) is 15.8. The summed E-state index contributed by atoms with van der Waals surface area (Å²) < 4.78 is 6.44. The van der Waals surface area contributed by atoms with Crippen LogP contribution in [0.3, 0.4) is 0 Å². The predicted molar refractivity (Wildman–Crippen MR) is 134 cm³/mol. The quantitative estimate of drug-likeness (QED) is 0.498. The maximum atomic E-state index is 6.44. The predicted octanol–water partition coefficient (Wildman–Crippen LogP) is 5.17. The fourth-order valence-corrected chi connectivity index (χ4v) is 4.58. The van der Waals surface area contributed by atoms with Gasteiger partial charge in [-0.1, -0.05) is 53.9 Å². The minimum absolute atomic E-state index is 0.401. The Labute approximate surface area is 192 Å². The van der Waals surface area contributed by atoms with Gasteiger partial charge >= 0.3 is 0 Å². The number of nitrogens with one attached hydrogen (secondary N) is 1. The number of hydrogen-bond donors (Lipinski definition) is 2. The van der Waals surface area contributed by atoms with Crippen LogP contribution in [-0.4, -0.2) is 49.2 Å². The van der Waals surface area contributed by atoms with Gasteiger partial charge in [-0.05, 0) is 63.8 Å². The van der Waals surface area contributed by atoms with Crippen LogP contribution in [0.2, 0.25) is 0 Å². The van der Waals surface area contributed by atoms with Crippen LogP contribution >= 0.6 is 0 Å². The molecule has 1 aliphatic heterocycles. The molecule has 2 heterocycles. The van der Waals surface area contributed by atoms with Crippen LogP contribution in [0.5, 0.6) is 5.75 Å². The lowest BCUT2D eigenvalue weighted by Gasteiger charge is -2.47. The third-order valence-corrected chi connectivity index (χ3v) is 6.66. The van der Waals surface area contributed by atoms with Crippen molar-refractivity contribution in [2.45, 2.75) is 98.6 Å². The normalized spacial score (nSPS) is 17.4. The van der Waals surface area contributed by atoms with Gasteiger partial charge in [0.25, 0.3) is 0 Å². The first-order chi connectivity index (χ1) is 15.1. The molecule has 1 aromatic heterocycles. The fourth-order valence-electron chi connectivity index (χ4n) is 4.58. The SMILES string of the molecule is CC.CCC1(CC)CC(Oc2ccnc3c2CN(CCCCCNC)CC3)C1.CCN. The summed E-state index contributed by atoms with van der Waals surface area (Å²) >= 11 is 0. The van der Waals surface area contributed by atoms with Crippen molar-refractivity contribution in [3.8, 4) is 5.75 Å². The first-order valence-corrected chi connectivity index (χ1v) is 12.8. The monoisotopic (exact) mass is 434 g/mol. The second kappa shape index (κ2) is 15.6. The molecule has 1 saturated carbocycles. The van der Waals surface area contributed by atoms with Gasteiger partial charge in [-0.15, -0.1) is 0 Å². The zero-order chi connectivity index (χ0) is 23.1. The summed E-state index contributed by atoms with van der Waals surface area (Å²) in [5.41, 5.74) is 7.99. The molecule has 5 heteroatoms. The first-order valence-electron chi connectivity index (χ1n) is 12.8. The van der Waals surface area contributed by atoms with Gasteiger partial charge in [0.2, 0.25) is 0 Å². The van der Waals surface area contributed by atoms with Crippen molar-refractivity contribution in [2.24, 2.45) is 11.1 Å². The smallest absolute Gasteiger partial charge is 0.127 e. The third-order valence-electron chi connectivity index (χ3n) is 6.66. The van der Waals surface area contributed by atoms with E-state index in [1.807, 2.05) is 34.0 Å². The Kier molecular flexibility index (Phi) is 14.0. The van der Waals surface area contributed by atoms with Crippen molar-refractivity contribution >= 4 is 0 Å². The maximum absolute atomic E-state index is 6.44. The largest absolute Gasteiger partial charge is 0.490 e. The first kappa shape index (κ1) is 27.9. The molecular formula is C26H50N4O. The molecule has 31 heavy (non-hydrogen) atoms. The molecule has 2 aliphatic rings. The molecule has 3 rings (SSSR count). The number of unbranched alkanes of at least 4 members (excludes halogenated alkanes) is 2. The highest BCUT2D eigenvalue weighted by Gasteiger charge is 2.43. The molecule has 180 valence electrons. The van der Waals surface area contributed by atoms with E-state index in [1.165, 1.54) is 62.7 Å². The van der Waals surface area contributed by atoms with Crippen LogP contribution in [0.25, 0.3) is 0 Å². The Morgan fingerprint density at radius 3 is 2.45 bits per heavy atom. The molecule has 1 fully saturated rings. The summed E-state index contributed by atoms with van der Waals surface area (Å²) in [4.78, 5) is 7.22. The fraction of sp³-hybridized carbons (Fsp3) is 0.808. The zero-order valence-corrected chi connectivity index (χ0v) is 21.3. The van der Waals surface area contributed by atoms with Gasteiger partial charge in [-0.3, -0.25) is 9.88 Å². The number of fused-ring (bicyclic) bond motifs is 1. The number of pyridine rings is 1. The van der Waals surface area contributed by atoms with E-state index in [0.717, 1.165) is 38.3 Å². The maximum Gasteiger partial charge on any atom is 0.127 e. The molecule has 0 aromatic carbocycles. The van der Waals surface area contributed by atoms with E-state index in [9.17, 15) is 0 Å². The zero-order valence-electron chi connectivity index (χ0n) is 21.3. The number of nitrogens with two attached hydrogens (primary N) is 1. The molecule has 1 aromatic rings. The summed E-state index contributed by atoms with van der Waals surface area (Å²) in [5, 5.41) is 3.23. The number of nitrogens with zero attached hydrogens (tertiary/aromatic N) is 2. The highest BCUT2D eigenvalue weighted by molar-refractivity contribution is 5.37. The van der Waals surface area contributed by atoms with Gasteiger partial charge < -0.3 is 15.8 Å². The Bertz CT molecular complexity index is 581. The average molecular weight is 435 g/mol.